The van der Waals surface area contributed by atoms with Gasteiger partial charge in [0.1, 0.15) is 0 Å². The van der Waals surface area contributed by atoms with Gasteiger partial charge in [0, 0.05) is 23.2 Å². The lowest BCUT2D eigenvalue weighted by Crippen LogP contribution is -2.52. The zero-order valence-electron chi connectivity index (χ0n) is 15.5. The lowest BCUT2D eigenvalue weighted by Gasteiger charge is -2.33. The minimum absolute atomic E-state index is 0.117. The Kier molecular flexibility index (Phi) is 5.35. The standard InChI is InChI=1S/C20H23N3O3S2/c1-27-16-9-7-15(8-10-16)21-20(24)23-13-14-11-18(19(23)12-14)22-28(25,26)17-5-3-2-4-6-17/h2-10,14,18-19,22H,11-13H2,1H3,(H,21,24)/t14-,18+,19-/m1/s1. The van der Waals surface area contributed by atoms with Crippen LogP contribution in [0.15, 0.2) is 64.4 Å². The van der Waals surface area contributed by atoms with Crippen molar-refractivity contribution in [2.45, 2.75) is 34.7 Å². The highest BCUT2D eigenvalue weighted by Gasteiger charge is 2.48. The Balaban J connectivity index is 1.44. The normalized spacial score (nSPS) is 23.8. The fraction of sp³-hybridized carbons (Fsp3) is 0.350. The van der Waals surface area contributed by atoms with E-state index in [1.165, 1.54) is 0 Å². The van der Waals surface area contributed by atoms with Crippen LogP contribution in [0, 0.1) is 5.92 Å². The maximum atomic E-state index is 12.8. The predicted octanol–water partition coefficient (Wildman–Crippen LogP) is 3.38. The van der Waals surface area contributed by atoms with Gasteiger partial charge in [-0.1, -0.05) is 18.2 Å². The quantitative estimate of drug-likeness (QED) is 0.731. The summed E-state index contributed by atoms with van der Waals surface area (Å²) >= 11 is 1.65. The molecule has 0 radical (unpaired) electrons. The van der Waals surface area contributed by atoms with Crippen LogP contribution in [0.2, 0.25) is 0 Å². The van der Waals surface area contributed by atoms with E-state index in [0.29, 0.717) is 12.5 Å². The van der Waals surface area contributed by atoms with Gasteiger partial charge in [-0.2, -0.15) is 0 Å². The van der Waals surface area contributed by atoms with Crippen LogP contribution >= 0.6 is 11.8 Å². The van der Waals surface area contributed by atoms with Crippen LogP contribution in [0.3, 0.4) is 0 Å². The lowest BCUT2D eigenvalue weighted by molar-refractivity contribution is 0.183. The van der Waals surface area contributed by atoms with Gasteiger partial charge in [0.2, 0.25) is 10.0 Å². The molecule has 2 fully saturated rings. The van der Waals surface area contributed by atoms with Gasteiger partial charge in [-0.05, 0) is 61.4 Å². The number of carbonyl (C=O) groups excluding carboxylic acids is 1. The Morgan fingerprint density at radius 2 is 1.79 bits per heavy atom. The van der Waals surface area contributed by atoms with E-state index < -0.39 is 10.0 Å². The third-order valence-electron chi connectivity index (χ3n) is 5.44. The molecule has 2 aromatic carbocycles. The first-order chi connectivity index (χ1) is 13.5. The minimum Gasteiger partial charge on any atom is -0.320 e. The molecule has 4 rings (SSSR count). The third-order valence-corrected chi connectivity index (χ3v) is 7.69. The summed E-state index contributed by atoms with van der Waals surface area (Å²) in [5.74, 6) is 0.332. The van der Waals surface area contributed by atoms with Gasteiger partial charge in [-0.3, -0.25) is 0 Å². The Labute approximate surface area is 169 Å². The molecule has 8 heteroatoms. The molecular weight excluding hydrogens is 394 g/mol. The van der Waals surface area contributed by atoms with Gasteiger partial charge in [0.05, 0.1) is 10.9 Å². The zero-order chi connectivity index (χ0) is 19.7. The molecule has 6 nitrogen and oxygen atoms in total. The van der Waals surface area contributed by atoms with Crippen LogP contribution in [0.1, 0.15) is 12.8 Å². The molecule has 1 saturated carbocycles. The number of likely N-dealkylation sites (tertiary alicyclic amines) is 1. The number of rotatable bonds is 5. The Morgan fingerprint density at radius 3 is 2.43 bits per heavy atom. The van der Waals surface area contributed by atoms with Gasteiger partial charge < -0.3 is 10.2 Å². The van der Waals surface area contributed by atoms with Gasteiger partial charge >= 0.3 is 6.03 Å². The molecule has 0 spiro atoms. The number of amides is 2. The van der Waals surface area contributed by atoms with Gasteiger partial charge in [-0.25, -0.2) is 17.9 Å². The molecule has 1 saturated heterocycles. The van der Waals surface area contributed by atoms with E-state index in [4.69, 9.17) is 0 Å². The van der Waals surface area contributed by atoms with Crippen LogP contribution < -0.4 is 10.0 Å². The smallest absolute Gasteiger partial charge is 0.320 e. The number of benzene rings is 2. The van der Waals surface area contributed by atoms with E-state index in [-0.39, 0.29) is 23.0 Å². The van der Waals surface area contributed by atoms with Crippen LogP contribution in [0.5, 0.6) is 0 Å². The van der Waals surface area contributed by atoms with Crippen molar-refractivity contribution >= 4 is 33.5 Å². The first-order valence-electron chi connectivity index (χ1n) is 9.25. The second kappa shape index (κ2) is 7.77. The van der Waals surface area contributed by atoms with Gasteiger partial charge in [-0.15, -0.1) is 11.8 Å². The summed E-state index contributed by atoms with van der Waals surface area (Å²) in [6, 6.07) is 15.5. The summed E-state index contributed by atoms with van der Waals surface area (Å²) < 4.78 is 28.1. The number of nitrogens with one attached hydrogen (secondary N) is 2. The second-order valence-electron chi connectivity index (χ2n) is 7.26. The summed E-state index contributed by atoms with van der Waals surface area (Å²) in [6.45, 7) is 0.670. The van der Waals surface area contributed by atoms with Crippen LogP contribution in [0.25, 0.3) is 0 Å². The molecule has 2 amide bonds. The summed E-state index contributed by atoms with van der Waals surface area (Å²) in [7, 11) is -3.59. The highest BCUT2D eigenvalue weighted by Crippen LogP contribution is 2.38. The molecule has 2 N–H and O–H groups in total. The molecule has 0 aromatic heterocycles. The summed E-state index contributed by atoms with van der Waals surface area (Å²) in [5, 5.41) is 2.94. The topological polar surface area (TPSA) is 78.5 Å². The molecule has 3 atom stereocenters. The maximum absolute atomic E-state index is 12.8. The molecule has 148 valence electrons. The van der Waals surface area contributed by atoms with E-state index in [9.17, 15) is 13.2 Å². The van der Waals surface area contributed by atoms with Crippen LogP contribution in [-0.4, -0.2) is 44.2 Å². The van der Waals surface area contributed by atoms with Crippen molar-refractivity contribution in [1.82, 2.24) is 9.62 Å². The number of fused-ring (bicyclic) bond motifs is 2. The van der Waals surface area contributed by atoms with Crippen molar-refractivity contribution in [3.63, 3.8) is 0 Å². The number of hydrogen-bond acceptors (Lipinski definition) is 4. The molecule has 0 unspecified atom stereocenters. The Bertz CT molecular complexity index is 948. The van der Waals surface area contributed by atoms with Crippen molar-refractivity contribution in [1.29, 1.82) is 0 Å². The fourth-order valence-electron chi connectivity index (χ4n) is 4.12. The summed E-state index contributed by atoms with van der Waals surface area (Å²) in [4.78, 5) is 15.9. The molecule has 2 aliphatic rings. The lowest BCUT2D eigenvalue weighted by atomic mass is 10.1. The number of piperidine rings is 1. The molecule has 1 aliphatic heterocycles. The number of hydrogen-bond donors (Lipinski definition) is 2. The second-order valence-corrected chi connectivity index (χ2v) is 9.85. The van der Waals surface area contributed by atoms with Gasteiger partial charge in [0.15, 0.2) is 0 Å². The van der Waals surface area contributed by atoms with Crippen LogP contribution in [-0.2, 0) is 10.0 Å². The predicted molar refractivity (Wildman–Crippen MR) is 111 cm³/mol. The fourth-order valence-corrected chi connectivity index (χ4v) is 5.83. The van der Waals surface area contributed by atoms with E-state index >= 15 is 0 Å². The van der Waals surface area contributed by atoms with E-state index in [0.717, 1.165) is 23.4 Å². The molecule has 28 heavy (non-hydrogen) atoms. The van der Waals surface area contributed by atoms with Crippen molar-refractivity contribution in [3.8, 4) is 0 Å². The number of sulfonamides is 1. The number of anilines is 1. The first-order valence-corrected chi connectivity index (χ1v) is 12.0. The highest BCUT2D eigenvalue weighted by molar-refractivity contribution is 7.98. The van der Waals surface area contributed by atoms with Crippen molar-refractivity contribution in [3.05, 3.63) is 54.6 Å². The Hall–Kier alpha value is -2.03. The van der Waals surface area contributed by atoms with E-state index in [1.807, 2.05) is 30.5 Å². The number of urea groups is 1. The van der Waals surface area contributed by atoms with Crippen molar-refractivity contribution in [2.24, 2.45) is 5.92 Å². The maximum Gasteiger partial charge on any atom is 0.322 e. The average Bonchev–Trinajstić information content (AvgIpc) is 3.29. The Morgan fingerprint density at radius 1 is 1.07 bits per heavy atom. The molecular formula is C20H23N3O3S2. The third kappa shape index (κ3) is 3.90. The molecule has 1 heterocycles. The number of carbonyl (C=O) groups is 1. The van der Waals surface area contributed by atoms with E-state index in [2.05, 4.69) is 10.0 Å². The first kappa shape index (κ1) is 19.3. The summed E-state index contributed by atoms with van der Waals surface area (Å²) in [6.07, 6.45) is 3.61. The van der Waals surface area contributed by atoms with Crippen LogP contribution in [0.4, 0.5) is 10.5 Å². The van der Waals surface area contributed by atoms with E-state index in [1.54, 1.807) is 47.0 Å². The largest absolute Gasteiger partial charge is 0.322 e. The highest BCUT2D eigenvalue weighted by atomic mass is 32.2. The zero-order valence-corrected chi connectivity index (χ0v) is 17.2. The summed E-state index contributed by atoms with van der Waals surface area (Å²) in [5.41, 5.74) is 0.743. The molecule has 1 aliphatic carbocycles. The van der Waals surface area contributed by atoms with Crippen molar-refractivity contribution in [2.75, 3.05) is 18.1 Å². The molecule has 2 aromatic rings. The van der Waals surface area contributed by atoms with Gasteiger partial charge in [0.25, 0.3) is 0 Å². The number of nitrogens with zero attached hydrogens (tertiary/aromatic N) is 1. The monoisotopic (exact) mass is 417 g/mol. The van der Waals surface area contributed by atoms with Crippen molar-refractivity contribution < 1.29 is 13.2 Å². The molecule has 2 bridgehead atoms. The average molecular weight is 418 g/mol. The SMILES string of the molecule is CSc1ccc(NC(=O)N2C[C@@H]3C[C@H](NS(=O)(=O)c4ccccc4)[C@H]2C3)cc1. The minimum atomic E-state index is -3.59. The number of thioether (sulfide) groups is 1.